The van der Waals surface area contributed by atoms with Crippen LogP contribution in [-0.2, 0) is 14.3 Å². The molecule has 2 unspecified atom stereocenters. The Kier molecular flexibility index (Phi) is 4.91. The van der Waals surface area contributed by atoms with Crippen molar-refractivity contribution in [3.63, 3.8) is 0 Å². The van der Waals surface area contributed by atoms with Crippen LogP contribution in [0.25, 0.3) is 0 Å². The number of ether oxygens (including phenoxy) is 2. The SMILES string of the molecule is COC(=O)C1CC1N(C(=O)OC(C)(C)C)C(=O)c1cccc(F)c1. The molecule has 1 aliphatic carbocycles. The normalized spacial score (nSPS) is 19.4. The zero-order valence-electron chi connectivity index (χ0n) is 14.0. The molecule has 130 valence electrons. The summed E-state index contributed by atoms with van der Waals surface area (Å²) in [7, 11) is 1.24. The summed E-state index contributed by atoms with van der Waals surface area (Å²) in [5, 5.41) is 0. The molecule has 0 spiro atoms. The van der Waals surface area contributed by atoms with Gasteiger partial charge in [0.2, 0.25) is 0 Å². The molecule has 0 heterocycles. The molecule has 0 saturated heterocycles. The van der Waals surface area contributed by atoms with Crippen LogP contribution in [0.4, 0.5) is 9.18 Å². The molecule has 0 aromatic heterocycles. The molecule has 0 aliphatic heterocycles. The number of esters is 1. The van der Waals surface area contributed by atoms with E-state index in [1.807, 2.05) is 0 Å². The van der Waals surface area contributed by atoms with Crippen LogP contribution in [0.1, 0.15) is 37.6 Å². The van der Waals surface area contributed by atoms with Gasteiger partial charge in [0, 0.05) is 5.56 Å². The van der Waals surface area contributed by atoms with Crippen LogP contribution in [0.15, 0.2) is 24.3 Å². The van der Waals surface area contributed by atoms with E-state index in [0.29, 0.717) is 6.42 Å². The lowest BCUT2D eigenvalue weighted by Crippen LogP contribution is -2.43. The molecule has 2 amide bonds. The van der Waals surface area contributed by atoms with Crippen molar-refractivity contribution in [2.45, 2.75) is 38.8 Å². The fraction of sp³-hybridized carbons (Fsp3) is 0.471. The third-order valence-electron chi connectivity index (χ3n) is 3.47. The number of nitrogens with zero attached hydrogens (tertiary/aromatic N) is 1. The fourth-order valence-electron chi connectivity index (χ4n) is 2.31. The predicted molar refractivity (Wildman–Crippen MR) is 82.7 cm³/mol. The van der Waals surface area contributed by atoms with Gasteiger partial charge in [0.15, 0.2) is 0 Å². The van der Waals surface area contributed by atoms with Crippen molar-refractivity contribution >= 4 is 18.0 Å². The van der Waals surface area contributed by atoms with Crippen molar-refractivity contribution in [2.24, 2.45) is 5.92 Å². The second kappa shape index (κ2) is 6.59. The first-order chi connectivity index (χ1) is 11.1. The molecule has 1 fully saturated rings. The fourth-order valence-corrected chi connectivity index (χ4v) is 2.31. The molecule has 2 rings (SSSR count). The second-order valence-electron chi connectivity index (χ2n) is 6.60. The van der Waals surface area contributed by atoms with Crippen molar-refractivity contribution in [3.05, 3.63) is 35.6 Å². The highest BCUT2D eigenvalue weighted by atomic mass is 19.1. The summed E-state index contributed by atoms with van der Waals surface area (Å²) < 4.78 is 23.3. The lowest BCUT2D eigenvalue weighted by atomic mass is 10.2. The van der Waals surface area contributed by atoms with Crippen LogP contribution in [0.5, 0.6) is 0 Å². The van der Waals surface area contributed by atoms with Gasteiger partial charge in [0.25, 0.3) is 5.91 Å². The van der Waals surface area contributed by atoms with Gasteiger partial charge < -0.3 is 9.47 Å². The Morgan fingerprint density at radius 1 is 1.25 bits per heavy atom. The van der Waals surface area contributed by atoms with E-state index < -0.39 is 41.3 Å². The zero-order valence-corrected chi connectivity index (χ0v) is 14.0. The lowest BCUT2D eigenvalue weighted by Gasteiger charge is -2.26. The maximum absolute atomic E-state index is 13.4. The summed E-state index contributed by atoms with van der Waals surface area (Å²) in [6.07, 6.45) is -0.569. The van der Waals surface area contributed by atoms with Crippen LogP contribution >= 0.6 is 0 Å². The van der Waals surface area contributed by atoms with Crippen LogP contribution in [0.3, 0.4) is 0 Å². The first-order valence-corrected chi connectivity index (χ1v) is 7.54. The van der Waals surface area contributed by atoms with E-state index in [2.05, 4.69) is 4.74 Å². The third-order valence-corrected chi connectivity index (χ3v) is 3.47. The van der Waals surface area contributed by atoms with E-state index >= 15 is 0 Å². The first-order valence-electron chi connectivity index (χ1n) is 7.54. The summed E-state index contributed by atoms with van der Waals surface area (Å²) in [5.74, 6) is -2.38. The number of imide groups is 1. The van der Waals surface area contributed by atoms with Crippen molar-refractivity contribution in [1.29, 1.82) is 0 Å². The van der Waals surface area contributed by atoms with Gasteiger partial charge in [-0.05, 0) is 45.4 Å². The Morgan fingerprint density at radius 2 is 1.92 bits per heavy atom. The van der Waals surface area contributed by atoms with Gasteiger partial charge in [-0.25, -0.2) is 14.1 Å². The van der Waals surface area contributed by atoms with E-state index in [-0.39, 0.29) is 5.56 Å². The zero-order chi connectivity index (χ0) is 18.1. The maximum atomic E-state index is 13.4. The Labute approximate surface area is 139 Å². The summed E-state index contributed by atoms with van der Waals surface area (Å²) in [4.78, 5) is 37.6. The van der Waals surface area contributed by atoms with Gasteiger partial charge in [-0.15, -0.1) is 0 Å². The van der Waals surface area contributed by atoms with Gasteiger partial charge in [-0.1, -0.05) is 6.07 Å². The topological polar surface area (TPSA) is 72.9 Å². The van der Waals surface area contributed by atoms with Gasteiger partial charge in [-0.2, -0.15) is 0 Å². The number of halogens is 1. The van der Waals surface area contributed by atoms with Crippen LogP contribution in [0.2, 0.25) is 0 Å². The minimum Gasteiger partial charge on any atom is -0.469 e. The number of hydrogen-bond acceptors (Lipinski definition) is 5. The van der Waals surface area contributed by atoms with Crippen molar-refractivity contribution in [2.75, 3.05) is 7.11 Å². The predicted octanol–water partition coefficient (Wildman–Crippen LogP) is 2.76. The summed E-state index contributed by atoms with van der Waals surface area (Å²) in [6, 6.07) is 4.36. The highest BCUT2D eigenvalue weighted by Crippen LogP contribution is 2.38. The summed E-state index contributed by atoms with van der Waals surface area (Å²) in [5.41, 5.74) is -0.802. The number of carbonyl (C=O) groups excluding carboxylic acids is 3. The lowest BCUT2D eigenvalue weighted by molar-refractivity contribution is -0.142. The first kappa shape index (κ1) is 17.9. The number of hydrogen-bond donors (Lipinski definition) is 0. The molecule has 6 nitrogen and oxygen atoms in total. The quantitative estimate of drug-likeness (QED) is 0.793. The molecule has 1 aromatic rings. The van der Waals surface area contributed by atoms with E-state index in [0.717, 1.165) is 11.0 Å². The van der Waals surface area contributed by atoms with E-state index in [4.69, 9.17) is 4.74 Å². The standard InChI is InChI=1S/C17H20FNO5/c1-17(2,3)24-16(22)19(13-9-12(13)15(21)23-4)14(20)10-6-5-7-11(18)8-10/h5-8,12-13H,9H2,1-4H3. The van der Waals surface area contributed by atoms with Crippen molar-refractivity contribution in [3.8, 4) is 0 Å². The van der Waals surface area contributed by atoms with Crippen molar-refractivity contribution in [1.82, 2.24) is 4.90 Å². The highest BCUT2D eigenvalue weighted by Gasteiger charge is 2.53. The molecule has 1 saturated carbocycles. The summed E-state index contributed by atoms with van der Waals surface area (Å²) >= 11 is 0. The van der Waals surface area contributed by atoms with Crippen LogP contribution in [-0.4, -0.2) is 41.6 Å². The third kappa shape index (κ3) is 4.10. The minimum absolute atomic E-state index is 0.0105. The highest BCUT2D eigenvalue weighted by molar-refractivity contribution is 6.04. The molecule has 0 bridgehead atoms. The minimum atomic E-state index is -0.867. The molecule has 0 N–H and O–H groups in total. The van der Waals surface area contributed by atoms with Crippen molar-refractivity contribution < 1.29 is 28.2 Å². The molecule has 7 heteroatoms. The number of methoxy groups -OCH3 is 1. The number of carbonyl (C=O) groups is 3. The molecule has 1 aliphatic rings. The maximum Gasteiger partial charge on any atom is 0.417 e. The Hall–Kier alpha value is -2.44. The Morgan fingerprint density at radius 3 is 2.46 bits per heavy atom. The van der Waals surface area contributed by atoms with Gasteiger partial charge in [-0.3, -0.25) is 9.59 Å². The van der Waals surface area contributed by atoms with Crippen LogP contribution in [0, 0.1) is 11.7 Å². The number of rotatable bonds is 3. The largest absolute Gasteiger partial charge is 0.469 e. The summed E-state index contributed by atoms with van der Waals surface area (Å²) in [6.45, 7) is 5.00. The second-order valence-corrected chi connectivity index (χ2v) is 6.60. The van der Waals surface area contributed by atoms with Gasteiger partial charge in [0.1, 0.15) is 11.4 Å². The molecule has 2 atom stereocenters. The average molecular weight is 337 g/mol. The molecular formula is C17H20FNO5. The molecule has 1 aromatic carbocycles. The Balaban J connectivity index is 2.28. The smallest absolute Gasteiger partial charge is 0.417 e. The van der Waals surface area contributed by atoms with E-state index in [9.17, 15) is 18.8 Å². The average Bonchev–Trinajstić information content (AvgIpc) is 3.24. The number of amides is 2. The van der Waals surface area contributed by atoms with Crippen LogP contribution < -0.4 is 0 Å². The Bertz CT molecular complexity index is 667. The van der Waals surface area contributed by atoms with Gasteiger partial charge in [0.05, 0.1) is 19.1 Å². The monoisotopic (exact) mass is 337 g/mol. The molecular weight excluding hydrogens is 317 g/mol. The van der Waals surface area contributed by atoms with Gasteiger partial charge >= 0.3 is 12.1 Å². The molecule has 24 heavy (non-hydrogen) atoms. The number of benzene rings is 1. The van der Waals surface area contributed by atoms with E-state index in [1.54, 1.807) is 20.8 Å². The van der Waals surface area contributed by atoms with E-state index in [1.165, 1.54) is 25.3 Å². The molecule has 0 radical (unpaired) electrons.